The maximum absolute atomic E-state index is 13.3. The summed E-state index contributed by atoms with van der Waals surface area (Å²) in [5, 5.41) is 3.86. The lowest BCUT2D eigenvalue weighted by molar-refractivity contribution is -0.289. The third-order valence-corrected chi connectivity index (χ3v) is 2.77. The number of rotatable bonds is 3. The maximum atomic E-state index is 13.3. The van der Waals surface area contributed by atoms with Crippen molar-refractivity contribution in [3.8, 4) is 0 Å². The maximum Gasteiger partial charge on any atom is 0.458 e. The van der Waals surface area contributed by atoms with Gasteiger partial charge in [-0.3, -0.25) is 0 Å². The molecule has 0 bridgehead atoms. The second kappa shape index (κ2) is 5.39. The summed E-state index contributed by atoms with van der Waals surface area (Å²) in [6, 6.07) is 3.87. The average molecular weight is 318 g/mol. The summed E-state index contributed by atoms with van der Waals surface area (Å²) < 4.78 is 64.8. The van der Waals surface area contributed by atoms with Crippen LogP contribution in [-0.4, -0.2) is 22.1 Å². The molecular weight excluding hydrogens is 307 g/mol. The Morgan fingerprint density at radius 2 is 1.91 bits per heavy atom. The smallest absolute Gasteiger partial charge is 0.368 e. The Morgan fingerprint density at radius 3 is 2.45 bits per heavy atom. The number of imidazole rings is 1. The molecule has 0 radical (unpaired) electrons. The normalized spacial score (nSPS) is 13.0. The highest BCUT2D eigenvalue weighted by Crippen LogP contribution is 2.43. The van der Waals surface area contributed by atoms with E-state index in [9.17, 15) is 22.0 Å². The van der Waals surface area contributed by atoms with Crippen molar-refractivity contribution in [1.29, 1.82) is 0 Å². The standard InChI is InChI=1S/C13H11F5N4/c1-8-7-22(11(19)21-8)20-6-9-3-2-4-10(5-9)12(14,15)13(16,17)18/h2-7H,1H3,(H2,19,21). The van der Waals surface area contributed by atoms with Crippen LogP contribution in [0.4, 0.5) is 27.9 Å². The predicted octanol–water partition coefficient (Wildman–Crippen LogP) is 3.31. The van der Waals surface area contributed by atoms with Gasteiger partial charge in [0.15, 0.2) is 0 Å². The van der Waals surface area contributed by atoms with Gasteiger partial charge in [-0.2, -0.15) is 27.1 Å². The second-order valence-electron chi connectivity index (χ2n) is 4.53. The van der Waals surface area contributed by atoms with E-state index in [1.807, 2.05) is 0 Å². The number of nitrogens with two attached hydrogens (primary N) is 1. The number of hydrogen-bond acceptors (Lipinski definition) is 3. The summed E-state index contributed by atoms with van der Waals surface area (Å²) in [7, 11) is 0. The van der Waals surface area contributed by atoms with Gasteiger partial charge in [0.2, 0.25) is 5.95 Å². The molecule has 0 saturated carbocycles. The monoisotopic (exact) mass is 318 g/mol. The molecule has 0 unspecified atom stereocenters. The van der Waals surface area contributed by atoms with Crippen molar-refractivity contribution in [2.24, 2.45) is 5.10 Å². The van der Waals surface area contributed by atoms with Gasteiger partial charge in [0, 0.05) is 5.56 Å². The van der Waals surface area contributed by atoms with E-state index in [1.165, 1.54) is 16.9 Å². The topological polar surface area (TPSA) is 56.2 Å². The molecule has 0 saturated heterocycles. The number of alkyl halides is 5. The fourth-order valence-corrected chi connectivity index (χ4v) is 1.70. The number of aromatic nitrogens is 2. The molecule has 118 valence electrons. The van der Waals surface area contributed by atoms with Gasteiger partial charge in [-0.15, -0.1) is 0 Å². The molecule has 0 amide bonds. The van der Waals surface area contributed by atoms with Crippen molar-refractivity contribution in [2.75, 3.05) is 5.73 Å². The molecule has 0 atom stereocenters. The van der Waals surface area contributed by atoms with E-state index < -0.39 is 17.7 Å². The van der Waals surface area contributed by atoms with Crippen molar-refractivity contribution >= 4 is 12.2 Å². The first kappa shape index (κ1) is 15.9. The summed E-state index contributed by atoms with van der Waals surface area (Å²) in [6.45, 7) is 1.67. The van der Waals surface area contributed by atoms with Crippen LogP contribution in [0.3, 0.4) is 0 Å². The van der Waals surface area contributed by atoms with Crippen molar-refractivity contribution in [3.63, 3.8) is 0 Å². The number of halogens is 5. The lowest BCUT2D eigenvalue weighted by Gasteiger charge is -2.19. The van der Waals surface area contributed by atoms with Gasteiger partial charge in [-0.05, 0) is 18.6 Å². The third kappa shape index (κ3) is 3.07. The van der Waals surface area contributed by atoms with E-state index in [4.69, 9.17) is 5.73 Å². The summed E-state index contributed by atoms with van der Waals surface area (Å²) in [6.07, 6.45) is -3.05. The van der Waals surface area contributed by atoms with Crippen LogP contribution in [0.1, 0.15) is 16.8 Å². The van der Waals surface area contributed by atoms with Crippen molar-refractivity contribution in [3.05, 3.63) is 47.3 Å². The number of nitrogen functional groups attached to an aromatic ring is 1. The fourth-order valence-electron chi connectivity index (χ4n) is 1.70. The summed E-state index contributed by atoms with van der Waals surface area (Å²) in [4.78, 5) is 3.87. The first-order chi connectivity index (χ1) is 10.1. The minimum atomic E-state index is -5.66. The van der Waals surface area contributed by atoms with Crippen LogP contribution in [0.2, 0.25) is 0 Å². The number of benzene rings is 1. The first-order valence-electron chi connectivity index (χ1n) is 6.02. The first-order valence-corrected chi connectivity index (χ1v) is 6.02. The van der Waals surface area contributed by atoms with Crippen LogP contribution in [0.5, 0.6) is 0 Å². The predicted molar refractivity (Wildman–Crippen MR) is 70.8 cm³/mol. The molecule has 1 aromatic carbocycles. The van der Waals surface area contributed by atoms with Crippen molar-refractivity contribution in [2.45, 2.75) is 19.0 Å². The Hall–Kier alpha value is -2.45. The zero-order valence-electron chi connectivity index (χ0n) is 11.3. The van der Waals surface area contributed by atoms with Gasteiger partial charge < -0.3 is 5.73 Å². The molecule has 0 spiro atoms. The molecule has 0 aliphatic rings. The lowest BCUT2D eigenvalue weighted by atomic mass is 10.1. The summed E-state index contributed by atoms with van der Waals surface area (Å²) >= 11 is 0. The van der Waals surface area contributed by atoms with Crippen molar-refractivity contribution in [1.82, 2.24) is 9.66 Å². The minimum absolute atomic E-state index is 0.0746. The molecule has 2 aromatic rings. The molecule has 0 fully saturated rings. The van der Waals surface area contributed by atoms with E-state index in [2.05, 4.69) is 10.1 Å². The van der Waals surface area contributed by atoms with Crippen LogP contribution in [0.25, 0.3) is 0 Å². The molecular formula is C13H11F5N4. The highest BCUT2D eigenvalue weighted by atomic mass is 19.4. The van der Waals surface area contributed by atoms with E-state index in [0.29, 0.717) is 11.8 Å². The molecule has 1 aromatic heterocycles. The molecule has 1 heterocycles. The summed E-state index contributed by atoms with van der Waals surface area (Å²) in [5.41, 5.74) is 5.04. The third-order valence-electron chi connectivity index (χ3n) is 2.77. The van der Waals surface area contributed by atoms with Crippen LogP contribution < -0.4 is 5.73 Å². The zero-order chi connectivity index (χ0) is 16.5. The van der Waals surface area contributed by atoms with E-state index in [1.54, 1.807) is 6.92 Å². The zero-order valence-corrected chi connectivity index (χ0v) is 11.3. The van der Waals surface area contributed by atoms with Crippen LogP contribution in [0.15, 0.2) is 35.6 Å². The molecule has 2 N–H and O–H groups in total. The molecule has 4 nitrogen and oxygen atoms in total. The number of anilines is 1. The quantitative estimate of drug-likeness (QED) is 0.697. The highest BCUT2D eigenvalue weighted by molar-refractivity contribution is 5.79. The Bertz CT molecular complexity index is 703. The van der Waals surface area contributed by atoms with Crippen LogP contribution in [0, 0.1) is 6.92 Å². The van der Waals surface area contributed by atoms with Gasteiger partial charge in [-0.25, -0.2) is 9.66 Å². The average Bonchev–Trinajstić information content (AvgIpc) is 2.74. The van der Waals surface area contributed by atoms with Gasteiger partial charge in [0.25, 0.3) is 0 Å². The van der Waals surface area contributed by atoms with Crippen LogP contribution >= 0.6 is 0 Å². The SMILES string of the molecule is Cc1cn(N=Cc2cccc(C(F)(F)C(F)(F)F)c2)c(N)n1. The van der Waals surface area contributed by atoms with Gasteiger partial charge >= 0.3 is 12.1 Å². The molecule has 2 rings (SSSR count). The Morgan fingerprint density at radius 1 is 1.23 bits per heavy atom. The van der Waals surface area contributed by atoms with Crippen molar-refractivity contribution < 1.29 is 22.0 Å². The van der Waals surface area contributed by atoms with Crippen LogP contribution in [-0.2, 0) is 5.92 Å². The van der Waals surface area contributed by atoms with Gasteiger partial charge in [0.1, 0.15) is 0 Å². The van der Waals surface area contributed by atoms with E-state index >= 15 is 0 Å². The number of hydrogen-bond donors (Lipinski definition) is 1. The molecule has 22 heavy (non-hydrogen) atoms. The molecule has 9 heteroatoms. The Labute approximate surface area is 122 Å². The highest BCUT2D eigenvalue weighted by Gasteiger charge is 2.58. The number of aryl methyl sites for hydroxylation is 1. The molecule has 0 aliphatic heterocycles. The van der Waals surface area contributed by atoms with Gasteiger partial charge in [-0.1, -0.05) is 18.2 Å². The van der Waals surface area contributed by atoms with E-state index in [0.717, 1.165) is 18.3 Å². The molecule has 0 aliphatic carbocycles. The Balaban J connectivity index is 2.31. The fraction of sp³-hybridized carbons (Fsp3) is 0.231. The largest absolute Gasteiger partial charge is 0.458 e. The lowest BCUT2D eigenvalue weighted by Crippen LogP contribution is -2.33. The number of nitrogens with zero attached hydrogens (tertiary/aromatic N) is 3. The Kier molecular flexibility index (Phi) is 3.90. The summed E-state index contributed by atoms with van der Waals surface area (Å²) in [5.74, 6) is -4.85. The second-order valence-corrected chi connectivity index (χ2v) is 4.53. The van der Waals surface area contributed by atoms with E-state index in [-0.39, 0.29) is 11.5 Å². The van der Waals surface area contributed by atoms with Gasteiger partial charge in [0.05, 0.1) is 18.1 Å². The minimum Gasteiger partial charge on any atom is -0.368 e.